The number of thioether (sulfide) groups is 1. The van der Waals surface area contributed by atoms with Crippen molar-refractivity contribution < 1.29 is 9.84 Å². The van der Waals surface area contributed by atoms with Gasteiger partial charge in [-0.15, -0.1) is 11.3 Å². The van der Waals surface area contributed by atoms with Crippen molar-refractivity contribution in [1.29, 1.82) is 0 Å². The molecule has 0 bridgehead atoms. The number of hydrogen-bond acceptors (Lipinski definition) is 4. The minimum absolute atomic E-state index is 0.0748. The maximum absolute atomic E-state index is 10.9. The maximum Gasteiger partial charge on any atom is 0.0912 e. The van der Waals surface area contributed by atoms with E-state index in [1.165, 1.54) is 53.2 Å². The van der Waals surface area contributed by atoms with Gasteiger partial charge in [-0.3, -0.25) is 0 Å². The average molecular weight is 325 g/mol. The Morgan fingerprint density at radius 3 is 3.05 bits per heavy atom. The second-order valence-electron chi connectivity index (χ2n) is 6.84. The molecule has 1 N–H and O–H groups in total. The average Bonchev–Trinajstić information content (AvgIpc) is 3.13. The van der Waals surface area contributed by atoms with Crippen molar-refractivity contribution in [3.8, 4) is 0 Å². The van der Waals surface area contributed by atoms with Gasteiger partial charge in [0.1, 0.15) is 0 Å². The first-order valence-corrected chi connectivity index (χ1v) is 10.2. The van der Waals surface area contributed by atoms with Crippen LogP contribution in [0.25, 0.3) is 0 Å². The van der Waals surface area contributed by atoms with Gasteiger partial charge in [-0.2, -0.15) is 11.8 Å². The number of hydrogen-bond donors (Lipinski definition) is 1. The highest BCUT2D eigenvalue weighted by Gasteiger charge is 2.42. The van der Waals surface area contributed by atoms with E-state index in [4.69, 9.17) is 4.74 Å². The summed E-state index contributed by atoms with van der Waals surface area (Å²) in [4.78, 5) is 2.75. The quantitative estimate of drug-likeness (QED) is 0.893. The van der Waals surface area contributed by atoms with E-state index in [9.17, 15) is 5.11 Å². The maximum atomic E-state index is 10.9. The molecule has 116 valence electrons. The summed E-state index contributed by atoms with van der Waals surface area (Å²) < 4.78 is 6.10. The van der Waals surface area contributed by atoms with Gasteiger partial charge in [0, 0.05) is 22.1 Å². The minimum atomic E-state index is -0.271. The van der Waals surface area contributed by atoms with Gasteiger partial charge in [-0.05, 0) is 68.2 Å². The first-order chi connectivity index (χ1) is 10.3. The van der Waals surface area contributed by atoms with Crippen LogP contribution in [0, 0.1) is 5.92 Å². The number of thiophene rings is 1. The topological polar surface area (TPSA) is 29.5 Å². The van der Waals surface area contributed by atoms with Crippen molar-refractivity contribution in [2.75, 3.05) is 18.1 Å². The fourth-order valence-corrected chi connectivity index (χ4v) is 6.81. The highest BCUT2D eigenvalue weighted by Crippen LogP contribution is 2.45. The van der Waals surface area contributed by atoms with Gasteiger partial charge in [0.25, 0.3) is 0 Å². The molecular weight excluding hydrogens is 300 g/mol. The highest BCUT2D eigenvalue weighted by atomic mass is 32.2. The van der Waals surface area contributed by atoms with E-state index in [0.717, 1.165) is 25.2 Å². The van der Waals surface area contributed by atoms with Crippen LogP contribution in [-0.4, -0.2) is 28.8 Å². The molecule has 21 heavy (non-hydrogen) atoms. The predicted octanol–water partition coefficient (Wildman–Crippen LogP) is 3.96. The molecule has 1 aromatic rings. The molecule has 2 nitrogen and oxygen atoms in total. The molecule has 1 spiro atoms. The van der Waals surface area contributed by atoms with Crippen LogP contribution in [0.5, 0.6) is 0 Å². The fraction of sp³-hybridized carbons (Fsp3) is 0.765. The number of ether oxygens (including phenoxy) is 1. The second kappa shape index (κ2) is 5.88. The standard InChI is InChI=1S/C17H24O2S2/c18-16(15-9-12-3-1-2-4-14(12)21-15)13-5-7-19-17(10-13)6-8-20-11-17/h9,13,16,18H,1-8,10-11H2. The summed E-state index contributed by atoms with van der Waals surface area (Å²) in [7, 11) is 0. The van der Waals surface area contributed by atoms with E-state index < -0.39 is 0 Å². The third-order valence-corrected chi connectivity index (χ3v) is 7.88. The number of aryl methyl sites for hydroxylation is 2. The van der Waals surface area contributed by atoms with Gasteiger partial charge < -0.3 is 9.84 Å². The zero-order valence-electron chi connectivity index (χ0n) is 12.5. The Morgan fingerprint density at radius 1 is 1.33 bits per heavy atom. The highest BCUT2D eigenvalue weighted by molar-refractivity contribution is 7.99. The van der Waals surface area contributed by atoms with E-state index in [2.05, 4.69) is 6.07 Å². The van der Waals surface area contributed by atoms with Crippen LogP contribution >= 0.6 is 23.1 Å². The Bertz CT molecular complexity index is 481. The van der Waals surface area contributed by atoms with Gasteiger partial charge in [-0.25, -0.2) is 0 Å². The first kappa shape index (κ1) is 14.6. The smallest absolute Gasteiger partial charge is 0.0912 e. The summed E-state index contributed by atoms with van der Waals surface area (Å²) in [6.45, 7) is 0.827. The Balaban J connectivity index is 1.51. The molecule has 3 atom stereocenters. The third kappa shape index (κ3) is 2.80. The predicted molar refractivity (Wildman–Crippen MR) is 89.3 cm³/mol. The van der Waals surface area contributed by atoms with Crippen molar-refractivity contribution >= 4 is 23.1 Å². The largest absolute Gasteiger partial charge is 0.387 e. The van der Waals surface area contributed by atoms with Crippen molar-refractivity contribution in [2.45, 2.75) is 56.7 Å². The molecule has 1 aromatic heterocycles. The normalized spacial score (nSPS) is 34.0. The number of rotatable bonds is 2. The second-order valence-corrected chi connectivity index (χ2v) is 9.11. The van der Waals surface area contributed by atoms with Crippen LogP contribution in [0.3, 0.4) is 0 Å². The Kier molecular flexibility index (Phi) is 4.07. The molecule has 0 aromatic carbocycles. The molecule has 2 fully saturated rings. The summed E-state index contributed by atoms with van der Waals surface area (Å²) in [5.74, 6) is 2.73. The van der Waals surface area contributed by atoms with Crippen molar-refractivity contribution in [3.63, 3.8) is 0 Å². The monoisotopic (exact) mass is 324 g/mol. The molecule has 1 aliphatic carbocycles. The molecule has 4 heteroatoms. The molecule has 3 unspecified atom stereocenters. The first-order valence-electron chi connectivity index (χ1n) is 8.27. The van der Waals surface area contributed by atoms with Crippen molar-refractivity contribution in [3.05, 3.63) is 21.4 Å². The van der Waals surface area contributed by atoms with E-state index in [1.54, 1.807) is 0 Å². The van der Waals surface area contributed by atoms with Crippen LogP contribution in [0.2, 0.25) is 0 Å². The van der Waals surface area contributed by atoms with Crippen molar-refractivity contribution in [1.82, 2.24) is 0 Å². The van der Waals surface area contributed by atoms with Crippen LogP contribution in [0.15, 0.2) is 6.07 Å². The van der Waals surface area contributed by atoms with Crippen LogP contribution < -0.4 is 0 Å². The minimum Gasteiger partial charge on any atom is -0.387 e. The molecule has 3 aliphatic rings. The van der Waals surface area contributed by atoms with Crippen LogP contribution in [0.4, 0.5) is 0 Å². The molecule has 3 heterocycles. The molecule has 0 amide bonds. The molecular formula is C17H24O2S2. The summed E-state index contributed by atoms with van der Waals surface area (Å²) in [5.41, 5.74) is 1.59. The SMILES string of the molecule is OC(c1cc2c(s1)CCCC2)C1CCOC2(CCSC2)C1. The van der Waals surface area contributed by atoms with Gasteiger partial charge in [-0.1, -0.05) is 0 Å². The summed E-state index contributed by atoms with van der Waals surface area (Å²) >= 11 is 3.88. The Hall–Kier alpha value is -0.0300. The van der Waals surface area contributed by atoms with Crippen LogP contribution in [-0.2, 0) is 17.6 Å². The lowest BCUT2D eigenvalue weighted by molar-refractivity contribution is -0.101. The van der Waals surface area contributed by atoms with Gasteiger partial charge in [0.2, 0.25) is 0 Å². The van der Waals surface area contributed by atoms with Crippen molar-refractivity contribution in [2.24, 2.45) is 5.92 Å². The molecule has 0 radical (unpaired) electrons. The third-order valence-electron chi connectivity index (χ3n) is 5.35. The Morgan fingerprint density at radius 2 is 2.24 bits per heavy atom. The van der Waals surface area contributed by atoms with E-state index in [-0.39, 0.29) is 11.7 Å². The summed E-state index contributed by atoms with van der Waals surface area (Å²) in [5, 5.41) is 10.9. The van der Waals surface area contributed by atoms with E-state index >= 15 is 0 Å². The number of aliphatic hydroxyl groups excluding tert-OH is 1. The Labute approximate surface area is 135 Å². The van der Waals surface area contributed by atoms with Gasteiger partial charge in [0.15, 0.2) is 0 Å². The summed E-state index contributed by atoms with van der Waals surface area (Å²) in [6, 6.07) is 2.30. The lowest BCUT2D eigenvalue weighted by Gasteiger charge is -2.39. The fourth-order valence-electron chi connectivity index (χ4n) is 4.09. The summed E-state index contributed by atoms with van der Waals surface area (Å²) in [6.07, 6.45) is 8.03. The molecule has 2 aliphatic heterocycles. The van der Waals surface area contributed by atoms with Gasteiger partial charge >= 0.3 is 0 Å². The molecule has 0 saturated carbocycles. The number of aliphatic hydroxyl groups is 1. The zero-order chi connectivity index (χ0) is 14.3. The lowest BCUT2D eigenvalue weighted by atomic mass is 9.82. The van der Waals surface area contributed by atoms with Crippen LogP contribution in [0.1, 0.15) is 53.5 Å². The molecule has 4 rings (SSSR count). The van der Waals surface area contributed by atoms with E-state index in [0.29, 0.717) is 5.92 Å². The number of fused-ring (bicyclic) bond motifs is 1. The van der Waals surface area contributed by atoms with Gasteiger partial charge in [0.05, 0.1) is 11.7 Å². The molecule has 2 saturated heterocycles. The lowest BCUT2D eigenvalue weighted by Crippen LogP contribution is -2.41. The zero-order valence-corrected chi connectivity index (χ0v) is 14.1. The van der Waals surface area contributed by atoms with E-state index in [1.807, 2.05) is 23.1 Å².